The van der Waals surface area contributed by atoms with Gasteiger partial charge in [-0.3, -0.25) is 0 Å². The van der Waals surface area contributed by atoms with Crippen LogP contribution in [0.2, 0.25) is 0 Å². The van der Waals surface area contributed by atoms with E-state index in [0.717, 1.165) is 11.2 Å². The summed E-state index contributed by atoms with van der Waals surface area (Å²) in [7, 11) is -1.52. The monoisotopic (exact) mass is 396 g/mol. The summed E-state index contributed by atoms with van der Waals surface area (Å²) in [6, 6.07) is 36.9. The average Bonchev–Trinajstić information content (AvgIpc) is 3.15. The summed E-state index contributed by atoms with van der Waals surface area (Å²) in [5.41, 5.74) is 1.97. The van der Waals surface area contributed by atoms with Gasteiger partial charge in [0.25, 0.3) is 0 Å². The lowest BCUT2D eigenvalue weighted by atomic mass is 10.1. The van der Waals surface area contributed by atoms with E-state index in [4.69, 9.17) is 4.42 Å². The minimum atomic E-state index is -1.52. The fourth-order valence-corrected chi connectivity index (χ4v) is 8.72. The molecule has 0 N–H and O–H groups in total. The molecule has 5 aromatic rings. The summed E-state index contributed by atoms with van der Waals surface area (Å²) in [6.07, 6.45) is 0. The summed E-state index contributed by atoms with van der Waals surface area (Å²) in [6.45, 7) is 4.69. The van der Waals surface area contributed by atoms with Gasteiger partial charge in [0.05, 0.1) is 0 Å². The zero-order valence-corrected chi connectivity index (χ0v) is 17.5. The summed E-state index contributed by atoms with van der Waals surface area (Å²) in [4.78, 5) is 4.04. The number of fused-ring (bicyclic) bond motifs is 3. The average molecular weight is 397 g/mol. The molecule has 2 heteroatoms. The van der Waals surface area contributed by atoms with Crippen molar-refractivity contribution in [2.24, 2.45) is 0 Å². The van der Waals surface area contributed by atoms with Crippen molar-refractivity contribution in [2.75, 3.05) is 0 Å². The molecule has 144 valence electrons. The smallest absolute Gasteiger partial charge is 0.148 e. The Bertz CT molecular complexity index is 1230. The van der Waals surface area contributed by atoms with Gasteiger partial charge in [-0.1, -0.05) is 80.6 Å². The van der Waals surface area contributed by atoms with Crippen molar-refractivity contribution in [3.8, 4) is 0 Å². The van der Waals surface area contributed by atoms with Crippen LogP contribution in [0, 0.1) is 0 Å². The van der Waals surface area contributed by atoms with Crippen molar-refractivity contribution in [2.45, 2.75) is 33.8 Å². The highest BCUT2D eigenvalue weighted by atomic mass is 32.3. The second-order valence-corrected chi connectivity index (χ2v) is 11.2. The molecule has 0 aliphatic heterocycles. The van der Waals surface area contributed by atoms with E-state index in [1.165, 1.54) is 25.5 Å². The van der Waals surface area contributed by atoms with E-state index in [0.29, 0.717) is 5.25 Å². The number of hydrogen-bond acceptors (Lipinski definition) is 1. The molecule has 1 nitrogen and oxygen atoms in total. The van der Waals surface area contributed by atoms with Gasteiger partial charge in [-0.2, -0.15) is 10.0 Å². The highest BCUT2D eigenvalue weighted by Crippen LogP contribution is 2.72. The van der Waals surface area contributed by atoms with Crippen LogP contribution in [-0.4, -0.2) is 5.25 Å². The Kier molecular flexibility index (Phi) is 4.44. The van der Waals surface area contributed by atoms with Gasteiger partial charge in [-0.05, 0) is 51.4 Å². The fourth-order valence-electron chi connectivity index (χ4n) is 4.43. The minimum Gasteiger partial charge on any atom is -0.455 e. The second-order valence-electron chi connectivity index (χ2n) is 7.57. The first-order valence-electron chi connectivity index (χ1n) is 10.1. The van der Waals surface area contributed by atoms with Crippen LogP contribution in [0.3, 0.4) is 0 Å². The SMILES string of the molecule is CC(C)S(c1ccccc1)(c1ccccc1)c1cccc2c1oc1ccccc12. The third-order valence-electron chi connectivity index (χ3n) is 5.65. The maximum atomic E-state index is 6.50. The molecule has 5 rings (SSSR count). The van der Waals surface area contributed by atoms with E-state index in [1.54, 1.807) is 0 Å². The van der Waals surface area contributed by atoms with Gasteiger partial charge in [-0.25, -0.2) is 0 Å². The quantitative estimate of drug-likeness (QED) is 0.298. The Labute approximate surface area is 173 Å². The lowest BCUT2D eigenvalue weighted by Gasteiger charge is -2.45. The number of para-hydroxylation sites is 2. The lowest BCUT2D eigenvalue weighted by molar-refractivity contribution is 0.659. The van der Waals surface area contributed by atoms with Gasteiger partial charge in [0, 0.05) is 15.7 Å². The van der Waals surface area contributed by atoms with E-state index in [9.17, 15) is 0 Å². The Morgan fingerprint density at radius 2 is 1.14 bits per heavy atom. The van der Waals surface area contributed by atoms with Crippen molar-refractivity contribution in [3.05, 3.63) is 103 Å². The fraction of sp³-hybridized carbons (Fsp3) is 0.111. The van der Waals surface area contributed by atoms with Crippen LogP contribution in [0.1, 0.15) is 13.8 Å². The van der Waals surface area contributed by atoms with Crippen molar-refractivity contribution in [1.82, 2.24) is 0 Å². The zero-order valence-electron chi connectivity index (χ0n) is 16.7. The first-order chi connectivity index (χ1) is 14.2. The molecule has 29 heavy (non-hydrogen) atoms. The third kappa shape index (κ3) is 2.71. The Hall–Kier alpha value is -2.97. The maximum absolute atomic E-state index is 6.50. The van der Waals surface area contributed by atoms with Gasteiger partial charge in [0.2, 0.25) is 0 Å². The molecule has 0 atom stereocenters. The van der Waals surface area contributed by atoms with E-state index in [2.05, 4.69) is 111 Å². The lowest BCUT2D eigenvalue weighted by Crippen LogP contribution is -2.14. The molecule has 0 saturated carbocycles. The van der Waals surface area contributed by atoms with Crippen LogP contribution in [-0.2, 0) is 0 Å². The molecule has 4 aromatic carbocycles. The first-order valence-corrected chi connectivity index (χ1v) is 11.7. The Morgan fingerprint density at radius 1 is 0.586 bits per heavy atom. The van der Waals surface area contributed by atoms with Crippen molar-refractivity contribution in [1.29, 1.82) is 0 Å². The van der Waals surface area contributed by atoms with Crippen LogP contribution >= 0.6 is 10.0 Å². The number of hydrogen-bond donors (Lipinski definition) is 0. The van der Waals surface area contributed by atoms with Gasteiger partial charge in [-0.15, -0.1) is 0 Å². The second kappa shape index (κ2) is 7.13. The van der Waals surface area contributed by atoms with Crippen molar-refractivity contribution < 1.29 is 4.42 Å². The summed E-state index contributed by atoms with van der Waals surface area (Å²) in [5.74, 6) is 0. The topological polar surface area (TPSA) is 13.1 Å². The van der Waals surface area contributed by atoms with Crippen LogP contribution in [0.15, 0.2) is 122 Å². The summed E-state index contributed by atoms with van der Waals surface area (Å²) >= 11 is 0. The van der Waals surface area contributed by atoms with Gasteiger partial charge in [0.1, 0.15) is 11.2 Å². The van der Waals surface area contributed by atoms with Crippen molar-refractivity contribution in [3.63, 3.8) is 0 Å². The molecule has 0 unspecified atom stereocenters. The van der Waals surface area contributed by atoms with Crippen LogP contribution in [0.4, 0.5) is 0 Å². The van der Waals surface area contributed by atoms with Crippen molar-refractivity contribution >= 4 is 32.0 Å². The molecular formula is C27H24OS. The molecule has 1 aromatic heterocycles. The van der Waals surface area contributed by atoms with E-state index in [-0.39, 0.29) is 0 Å². The van der Waals surface area contributed by atoms with E-state index >= 15 is 0 Å². The molecule has 0 fully saturated rings. The normalized spacial score (nSPS) is 12.7. The predicted octanol–water partition coefficient (Wildman–Crippen LogP) is 8.28. The van der Waals surface area contributed by atoms with Gasteiger partial charge in [0.15, 0.2) is 0 Å². The first kappa shape index (κ1) is 18.1. The molecule has 0 amide bonds. The van der Waals surface area contributed by atoms with Crippen LogP contribution in [0.5, 0.6) is 0 Å². The Balaban J connectivity index is 1.94. The largest absolute Gasteiger partial charge is 0.455 e. The highest BCUT2D eigenvalue weighted by molar-refractivity contribution is 8.34. The molecule has 0 bridgehead atoms. The minimum absolute atomic E-state index is 0.408. The number of furan rings is 1. The molecule has 0 radical (unpaired) electrons. The molecular weight excluding hydrogens is 372 g/mol. The molecule has 0 spiro atoms. The maximum Gasteiger partial charge on any atom is 0.148 e. The molecule has 0 aliphatic carbocycles. The Morgan fingerprint density at radius 3 is 1.76 bits per heavy atom. The molecule has 0 saturated heterocycles. The highest BCUT2D eigenvalue weighted by Gasteiger charge is 2.36. The summed E-state index contributed by atoms with van der Waals surface area (Å²) in [5, 5.41) is 2.79. The number of rotatable bonds is 4. The van der Waals surface area contributed by atoms with E-state index in [1.807, 2.05) is 6.07 Å². The van der Waals surface area contributed by atoms with Gasteiger partial charge >= 0.3 is 0 Å². The predicted molar refractivity (Wildman–Crippen MR) is 124 cm³/mol. The molecule has 1 heterocycles. The summed E-state index contributed by atoms with van der Waals surface area (Å²) < 4.78 is 6.50. The molecule has 0 aliphatic rings. The van der Waals surface area contributed by atoms with Gasteiger partial charge < -0.3 is 4.42 Å². The van der Waals surface area contributed by atoms with Crippen LogP contribution in [0.25, 0.3) is 21.9 Å². The zero-order chi connectivity index (χ0) is 19.8. The number of benzene rings is 4. The standard InChI is InChI=1S/C27H24OS/c1-20(2)29(21-12-5-3-6-13-21,22-14-7-4-8-15-22)26-19-11-17-24-23-16-9-10-18-25(23)28-27(24)26/h3-20H,1-2H3. The third-order valence-corrected chi connectivity index (χ3v) is 10.1. The van der Waals surface area contributed by atoms with Crippen LogP contribution < -0.4 is 0 Å². The van der Waals surface area contributed by atoms with E-state index < -0.39 is 10.0 Å².